The Bertz CT molecular complexity index is 137. The van der Waals surface area contributed by atoms with Crippen molar-refractivity contribution >= 4 is 19.9 Å². The molecular formula is C3H8O3S2. The molecule has 0 amide bonds. The summed E-state index contributed by atoms with van der Waals surface area (Å²) in [5, 5.41) is 0. The zero-order valence-electron chi connectivity index (χ0n) is 4.75. The van der Waals surface area contributed by atoms with E-state index in [1.807, 2.05) is 0 Å². The number of rotatable bonds is 3. The zero-order chi connectivity index (χ0) is 6.62. The molecule has 0 aliphatic carbocycles. The minimum Gasteiger partial charge on any atom is -0.262 e. The third-order valence-corrected chi connectivity index (χ3v) is 2.91. The van der Waals surface area contributed by atoms with Gasteiger partial charge in [-0.2, -0.15) is 8.42 Å². The summed E-state index contributed by atoms with van der Waals surface area (Å²) in [5.74, 6) is 0. The third kappa shape index (κ3) is 3.29. The lowest BCUT2D eigenvalue weighted by molar-refractivity contribution is 0.350. The highest BCUT2D eigenvalue weighted by molar-refractivity contribution is 8.70. The summed E-state index contributed by atoms with van der Waals surface area (Å²) < 4.78 is 25.0. The van der Waals surface area contributed by atoms with Crippen LogP contribution in [0, 0.1) is 0 Å². The van der Waals surface area contributed by atoms with Gasteiger partial charge in [0.25, 0.3) is 0 Å². The van der Waals surface area contributed by atoms with Crippen LogP contribution in [0.4, 0.5) is 0 Å². The Morgan fingerprint density at radius 2 is 2.12 bits per heavy atom. The van der Waals surface area contributed by atoms with Crippen molar-refractivity contribution in [2.24, 2.45) is 0 Å². The van der Waals surface area contributed by atoms with Gasteiger partial charge in [-0.05, 0) is 24.0 Å². The van der Waals surface area contributed by atoms with Crippen molar-refractivity contribution in [3.8, 4) is 0 Å². The summed E-state index contributed by atoms with van der Waals surface area (Å²) in [7, 11) is -2.55. The first kappa shape index (κ1) is 8.26. The maximum atomic E-state index is 10.3. The topological polar surface area (TPSA) is 43.4 Å². The Hall–Kier alpha value is 0.260. The number of hydrogen-bond donors (Lipinski definition) is 0. The molecule has 50 valence electrons. The van der Waals surface area contributed by atoms with Crippen molar-refractivity contribution in [2.75, 3.05) is 12.9 Å². The van der Waals surface area contributed by atoms with E-state index < -0.39 is 9.15 Å². The molecule has 0 bridgehead atoms. The van der Waals surface area contributed by atoms with E-state index in [2.05, 4.69) is 4.18 Å². The van der Waals surface area contributed by atoms with Crippen LogP contribution in [0.5, 0.6) is 0 Å². The predicted molar refractivity (Wildman–Crippen MR) is 34.1 cm³/mol. The van der Waals surface area contributed by atoms with E-state index in [0.717, 1.165) is 0 Å². The quantitative estimate of drug-likeness (QED) is 0.562. The Morgan fingerprint density at radius 1 is 1.62 bits per heavy atom. The summed E-state index contributed by atoms with van der Waals surface area (Å²) >= 11 is 0. The predicted octanol–water partition coefficient (Wildman–Crippen LogP) is 0.631. The van der Waals surface area contributed by atoms with Gasteiger partial charge in [-0.15, -0.1) is 0 Å². The average molecular weight is 156 g/mol. The highest BCUT2D eigenvalue weighted by Crippen LogP contribution is 2.07. The molecule has 0 aromatic rings. The molecule has 0 unspecified atom stereocenters. The Kier molecular flexibility index (Phi) is 3.43. The lowest BCUT2D eigenvalue weighted by atomic mass is 10.9. The fourth-order valence-corrected chi connectivity index (χ4v) is 1.15. The highest BCUT2D eigenvalue weighted by Gasteiger charge is 2.04. The molecule has 0 rings (SSSR count). The molecule has 0 aromatic heterocycles. The van der Waals surface area contributed by atoms with Crippen LogP contribution in [-0.4, -0.2) is 21.3 Å². The van der Waals surface area contributed by atoms with Crippen LogP contribution in [0.25, 0.3) is 0 Å². The fourth-order valence-electron chi connectivity index (χ4n) is 0.192. The van der Waals surface area contributed by atoms with E-state index in [4.69, 9.17) is 0 Å². The van der Waals surface area contributed by atoms with Gasteiger partial charge in [0, 0.05) is 0 Å². The summed E-state index contributed by atoms with van der Waals surface area (Å²) in [6, 6.07) is 0. The Morgan fingerprint density at radius 3 is 2.25 bits per heavy atom. The molecule has 0 N–H and O–H groups in total. The van der Waals surface area contributed by atoms with E-state index in [9.17, 15) is 8.42 Å². The maximum absolute atomic E-state index is 10.3. The van der Waals surface area contributed by atoms with Crippen molar-refractivity contribution in [3.63, 3.8) is 0 Å². The minimum atomic E-state index is -3.25. The van der Waals surface area contributed by atoms with Gasteiger partial charge in [0.1, 0.15) is 0 Å². The fraction of sp³-hybridized carbons (Fsp3) is 1.00. The molecule has 8 heavy (non-hydrogen) atoms. The Labute approximate surface area is 52.9 Å². The van der Waals surface area contributed by atoms with Crippen LogP contribution in [-0.2, 0) is 13.3 Å². The second-order valence-corrected chi connectivity index (χ2v) is 4.59. The van der Waals surface area contributed by atoms with Gasteiger partial charge in [-0.25, -0.2) is 0 Å². The van der Waals surface area contributed by atoms with Crippen molar-refractivity contribution < 1.29 is 12.6 Å². The van der Waals surface area contributed by atoms with Crippen molar-refractivity contribution in [1.82, 2.24) is 0 Å². The molecular weight excluding hydrogens is 148 g/mol. The van der Waals surface area contributed by atoms with Crippen molar-refractivity contribution in [1.29, 1.82) is 0 Å². The standard InChI is InChI=1S/C3H8O3S2/c1-3-6-8(4,5)7-2/h3H2,1-2H3. The maximum Gasteiger partial charge on any atom is 0.321 e. The molecule has 0 heterocycles. The molecule has 0 saturated heterocycles. The Balaban J connectivity index is 3.76. The second kappa shape index (κ2) is 3.32. The van der Waals surface area contributed by atoms with Gasteiger partial charge in [0.15, 0.2) is 0 Å². The van der Waals surface area contributed by atoms with E-state index in [1.165, 1.54) is 6.26 Å². The lowest BCUT2D eigenvalue weighted by Gasteiger charge is -1.94. The van der Waals surface area contributed by atoms with Crippen LogP contribution >= 0.6 is 10.8 Å². The summed E-state index contributed by atoms with van der Waals surface area (Å²) in [5.41, 5.74) is 0. The van der Waals surface area contributed by atoms with Crippen LogP contribution in [0.2, 0.25) is 0 Å². The normalized spacial score (nSPS) is 11.8. The SMILES string of the molecule is CCOS(=O)(=O)SC. The highest BCUT2D eigenvalue weighted by atomic mass is 33.1. The minimum absolute atomic E-state index is 0.211. The molecule has 0 radical (unpaired) electrons. The summed E-state index contributed by atoms with van der Waals surface area (Å²) in [4.78, 5) is 0. The molecule has 0 spiro atoms. The van der Waals surface area contributed by atoms with Gasteiger partial charge in [-0.3, -0.25) is 4.18 Å². The zero-order valence-corrected chi connectivity index (χ0v) is 6.38. The lowest BCUT2D eigenvalue weighted by Crippen LogP contribution is -1.97. The monoisotopic (exact) mass is 156 g/mol. The molecule has 0 aliphatic rings. The first-order chi connectivity index (χ1) is 3.62. The van der Waals surface area contributed by atoms with Crippen LogP contribution in [0.3, 0.4) is 0 Å². The van der Waals surface area contributed by atoms with Crippen molar-refractivity contribution in [2.45, 2.75) is 6.92 Å². The van der Waals surface area contributed by atoms with Crippen LogP contribution < -0.4 is 0 Å². The van der Waals surface area contributed by atoms with Gasteiger partial charge < -0.3 is 0 Å². The van der Waals surface area contributed by atoms with E-state index in [-0.39, 0.29) is 6.61 Å². The van der Waals surface area contributed by atoms with E-state index >= 15 is 0 Å². The molecule has 0 aromatic carbocycles. The summed E-state index contributed by atoms with van der Waals surface area (Å²) in [6.07, 6.45) is 1.46. The molecule has 3 nitrogen and oxygen atoms in total. The molecule has 5 heteroatoms. The van der Waals surface area contributed by atoms with Crippen LogP contribution in [0.15, 0.2) is 0 Å². The van der Waals surface area contributed by atoms with Crippen LogP contribution in [0.1, 0.15) is 6.92 Å². The molecule has 0 saturated carbocycles. The van der Waals surface area contributed by atoms with Gasteiger partial charge in [0.05, 0.1) is 6.61 Å². The summed E-state index contributed by atoms with van der Waals surface area (Å²) in [6.45, 7) is 1.84. The molecule has 0 aliphatic heterocycles. The first-order valence-corrected chi connectivity index (χ1v) is 5.22. The van der Waals surface area contributed by atoms with Gasteiger partial charge in [0.2, 0.25) is 0 Å². The van der Waals surface area contributed by atoms with Gasteiger partial charge >= 0.3 is 9.15 Å². The smallest absolute Gasteiger partial charge is 0.262 e. The molecule has 0 fully saturated rings. The average Bonchev–Trinajstić information content (AvgIpc) is 1.67. The molecule has 0 atom stereocenters. The van der Waals surface area contributed by atoms with Crippen molar-refractivity contribution in [3.05, 3.63) is 0 Å². The second-order valence-electron chi connectivity index (χ2n) is 0.981. The first-order valence-electron chi connectivity index (χ1n) is 2.07. The van der Waals surface area contributed by atoms with E-state index in [0.29, 0.717) is 10.8 Å². The third-order valence-electron chi connectivity index (χ3n) is 0.466. The van der Waals surface area contributed by atoms with E-state index in [1.54, 1.807) is 6.92 Å². The van der Waals surface area contributed by atoms with Gasteiger partial charge in [-0.1, -0.05) is 0 Å². The number of hydrogen-bond acceptors (Lipinski definition) is 4. The largest absolute Gasteiger partial charge is 0.321 e.